The van der Waals surface area contributed by atoms with Crippen molar-refractivity contribution in [2.24, 2.45) is 29.1 Å². The lowest BCUT2D eigenvalue weighted by Gasteiger charge is -2.35. The highest BCUT2D eigenvalue weighted by molar-refractivity contribution is 5.03. The molecule has 3 fully saturated rings. The number of rotatable bonds is 4. The second-order valence-electron chi connectivity index (χ2n) is 6.30. The molecule has 0 unspecified atom stereocenters. The van der Waals surface area contributed by atoms with Gasteiger partial charge in [0.1, 0.15) is 0 Å². The first-order valence-corrected chi connectivity index (χ1v) is 6.19. The Hall–Kier alpha value is 0. The zero-order chi connectivity index (χ0) is 9.05. The van der Waals surface area contributed by atoms with Crippen molar-refractivity contribution >= 4 is 0 Å². The van der Waals surface area contributed by atoms with E-state index in [4.69, 9.17) is 0 Å². The van der Waals surface area contributed by atoms with Crippen molar-refractivity contribution in [1.82, 2.24) is 0 Å². The Balaban J connectivity index is 1.76. The highest BCUT2D eigenvalue weighted by atomic mass is 14.6. The molecule has 0 aromatic carbocycles. The van der Waals surface area contributed by atoms with Crippen LogP contribution in [0.15, 0.2) is 0 Å². The monoisotopic (exact) mass is 178 g/mol. The van der Waals surface area contributed by atoms with Crippen LogP contribution in [0.25, 0.3) is 0 Å². The van der Waals surface area contributed by atoms with Crippen molar-refractivity contribution in [1.29, 1.82) is 0 Å². The maximum Gasteiger partial charge on any atom is -0.0292 e. The smallest absolute Gasteiger partial charge is 0.0292 e. The Kier molecular flexibility index (Phi) is 1.61. The summed E-state index contributed by atoms with van der Waals surface area (Å²) in [6, 6.07) is 0. The predicted octanol–water partition coefficient (Wildman–Crippen LogP) is 3.86. The third kappa shape index (κ3) is 1.43. The van der Waals surface area contributed by atoms with Gasteiger partial charge >= 0.3 is 0 Å². The summed E-state index contributed by atoms with van der Waals surface area (Å²) in [5, 5.41) is 0. The molecular weight excluding hydrogens is 156 g/mol. The topological polar surface area (TPSA) is 0 Å². The molecule has 0 atom stereocenters. The first kappa shape index (κ1) is 8.32. The van der Waals surface area contributed by atoms with Crippen molar-refractivity contribution in [2.45, 2.75) is 52.4 Å². The van der Waals surface area contributed by atoms with Crippen molar-refractivity contribution in [2.75, 3.05) is 0 Å². The Morgan fingerprint density at radius 2 is 1.31 bits per heavy atom. The van der Waals surface area contributed by atoms with Crippen molar-refractivity contribution in [3.8, 4) is 0 Å². The summed E-state index contributed by atoms with van der Waals surface area (Å²) in [5.41, 5.74) is 0.697. The van der Waals surface area contributed by atoms with Gasteiger partial charge in [0.2, 0.25) is 0 Å². The van der Waals surface area contributed by atoms with E-state index in [1.807, 2.05) is 0 Å². The molecule has 0 spiro atoms. The van der Waals surface area contributed by atoms with Crippen molar-refractivity contribution in [3.63, 3.8) is 0 Å². The Morgan fingerprint density at radius 3 is 1.62 bits per heavy atom. The average Bonchev–Trinajstić information content (AvgIpc) is 2.92. The van der Waals surface area contributed by atoms with Crippen molar-refractivity contribution in [3.05, 3.63) is 0 Å². The fourth-order valence-corrected chi connectivity index (χ4v) is 3.61. The Bertz CT molecular complexity index is 192. The first-order valence-electron chi connectivity index (χ1n) is 6.19. The molecule has 74 valence electrons. The third-order valence-electron chi connectivity index (χ3n) is 4.75. The summed E-state index contributed by atoms with van der Waals surface area (Å²) in [5.74, 6) is 4.49. The summed E-state index contributed by atoms with van der Waals surface area (Å²) < 4.78 is 0. The first-order chi connectivity index (χ1) is 6.19. The molecule has 0 amide bonds. The minimum atomic E-state index is 0.697. The minimum absolute atomic E-state index is 0.697. The Labute approximate surface area is 82.1 Å². The van der Waals surface area contributed by atoms with Gasteiger partial charge in [-0.1, -0.05) is 13.8 Å². The van der Waals surface area contributed by atoms with Gasteiger partial charge in [-0.15, -0.1) is 0 Å². The molecule has 0 radical (unpaired) electrons. The normalized spacial score (nSPS) is 29.8. The van der Waals surface area contributed by atoms with E-state index in [-0.39, 0.29) is 0 Å². The van der Waals surface area contributed by atoms with Gasteiger partial charge in [-0.25, -0.2) is 0 Å². The number of hydrogen-bond acceptors (Lipinski definition) is 0. The summed E-state index contributed by atoms with van der Waals surface area (Å²) in [6.07, 6.45) is 9.27. The van der Waals surface area contributed by atoms with E-state index in [2.05, 4.69) is 13.8 Å². The molecule has 0 aromatic rings. The van der Waals surface area contributed by atoms with Gasteiger partial charge in [0.25, 0.3) is 0 Å². The van der Waals surface area contributed by atoms with Crippen LogP contribution in [-0.4, -0.2) is 0 Å². The van der Waals surface area contributed by atoms with E-state index in [1.54, 1.807) is 25.7 Å². The van der Waals surface area contributed by atoms with Crippen LogP contribution in [0.4, 0.5) is 0 Å². The van der Waals surface area contributed by atoms with Gasteiger partial charge in [0, 0.05) is 0 Å². The van der Waals surface area contributed by atoms with Gasteiger partial charge in [-0.05, 0) is 67.6 Å². The van der Waals surface area contributed by atoms with E-state index in [0.717, 1.165) is 23.7 Å². The lowest BCUT2D eigenvalue weighted by atomic mass is 9.70. The maximum absolute atomic E-state index is 2.56. The molecule has 3 aliphatic rings. The molecule has 0 aromatic heterocycles. The molecule has 3 saturated carbocycles. The molecule has 0 bridgehead atoms. The highest BCUT2D eigenvalue weighted by Crippen LogP contribution is 2.62. The largest absolute Gasteiger partial charge is 0.0594 e. The van der Waals surface area contributed by atoms with E-state index in [0.29, 0.717) is 5.41 Å². The van der Waals surface area contributed by atoms with Crippen LogP contribution in [-0.2, 0) is 0 Å². The van der Waals surface area contributed by atoms with Gasteiger partial charge in [0.15, 0.2) is 0 Å². The molecular formula is C13H22. The van der Waals surface area contributed by atoms with Crippen LogP contribution in [0.2, 0.25) is 0 Å². The van der Waals surface area contributed by atoms with Crippen LogP contribution in [0.5, 0.6) is 0 Å². The van der Waals surface area contributed by atoms with Crippen molar-refractivity contribution < 1.29 is 0 Å². The van der Waals surface area contributed by atoms with Gasteiger partial charge in [-0.2, -0.15) is 0 Å². The van der Waals surface area contributed by atoms with Crippen LogP contribution in [0.1, 0.15) is 52.4 Å². The zero-order valence-electron chi connectivity index (χ0n) is 9.05. The molecule has 0 heteroatoms. The van der Waals surface area contributed by atoms with E-state index >= 15 is 0 Å². The van der Waals surface area contributed by atoms with E-state index in [9.17, 15) is 0 Å². The summed E-state index contributed by atoms with van der Waals surface area (Å²) in [4.78, 5) is 0. The van der Waals surface area contributed by atoms with Gasteiger partial charge in [-0.3, -0.25) is 0 Å². The second kappa shape index (κ2) is 2.52. The molecule has 0 nitrogen and oxygen atoms in total. The van der Waals surface area contributed by atoms with E-state index < -0.39 is 0 Å². The van der Waals surface area contributed by atoms with Crippen LogP contribution in [0.3, 0.4) is 0 Å². The zero-order valence-corrected chi connectivity index (χ0v) is 9.05. The van der Waals surface area contributed by atoms with Gasteiger partial charge < -0.3 is 0 Å². The molecule has 0 N–H and O–H groups in total. The SMILES string of the molecule is CC(C)(C1CC1)C(C1CC1)C1CC1. The van der Waals surface area contributed by atoms with Gasteiger partial charge in [0.05, 0.1) is 0 Å². The number of hydrogen-bond donors (Lipinski definition) is 0. The predicted molar refractivity (Wildman–Crippen MR) is 55.4 cm³/mol. The summed E-state index contributed by atoms with van der Waals surface area (Å²) in [7, 11) is 0. The highest BCUT2D eigenvalue weighted by Gasteiger charge is 2.53. The summed E-state index contributed by atoms with van der Waals surface area (Å²) in [6.45, 7) is 5.12. The molecule has 0 saturated heterocycles. The van der Waals surface area contributed by atoms with Crippen LogP contribution < -0.4 is 0 Å². The molecule has 0 aliphatic heterocycles. The Morgan fingerprint density at radius 1 is 0.846 bits per heavy atom. The average molecular weight is 178 g/mol. The summed E-state index contributed by atoms with van der Waals surface area (Å²) >= 11 is 0. The second-order valence-corrected chi connectivity index (χ2v) is 6.30. The lowest BCUT2D eigenvalue weighted by Crippen LogP contribution is -2.29. The molecule has 13 heavy (non-hydrogen) atoms. The van der Waals surface area contributed by atoms with Crippen LogP contribution >= 0.6 is 0 Å². The molecule has 3 aliphatic carbocycles. The molecule has 3 rings (SSSR count). The standard InChI is InChI=1S/C13H22/c1-13(2,11-7-8-11)12(9-3-4-9)10-5-6-10/h9-12H,3-8H2,1-2H3. The van der Waals surface area contributed by atoms with Crippen LogP contribution in [0, 0.1) is 29.1 Å². The lowest BCUT2D eigenvalue weighted by molar-refractivity contribution is 0.129. The molecule has 0 heterocycles. The van der Waals surface area contributed by atoms with E-state index in [1.165, 1.54) is 12.8 Å². The quantitative estimate of drug-likeness (QED) is 0.613. The maximum atomic E-state index is 2.56. The fraction of sp³-hybridized carbons (Fsp3) is 1.00. The fourth-order valence-electron chi connectivity index (χ4n) is 3.61. The third-order valence-corrected chi connectivity index (χ3v) is 4.75. The minimum Gasteiger partial charge on any atom is -0.0594 e.